The molecule has 0 saturated carbocycles. The molecule has 0 saturated heterocycles. The number of hydrogen-bond acceptors (Lipinski definition) is 5. The number of methoxy groups -OCH3 is 1. The fourth-order valence-corrected chi connectivity index (χ4v) is 2.19. The second-order valence-electron chi connectivity index (χ2n) is 5.15. The minimum absolute atomic E-state index is 0.0409. The summed E-state index contributed by atoms with van der Waals surface area (Å²) < 4.78 is 10.9. The van der Waals surface area contributed by atoms with E-state index in [0.717, 1.165) is 17.0 Å². The highest BCUT2D eigenvalue weighted by molar-refractivity contribution is 5.59. The summed E-state index contributed by atoms with van der Waals surface area (Å²) in [6, 6.07) is 12.7. The first-order valence-electron chi connectivity index (χ1n) is 7.25. The van der Waals surface area contributed by atoms with Crippen LogP contribution in [0.5, 0.6) is 11.5 Å². The Hall–Kier alpha value is -2.76. The summed E-state index contributed by atoms with van der Waals surface area (Å²) in [5.41, 5.74) is 1.88. The van der Waals surface area contributed by atoms with Gasteiger partial charge in [0.15, 0.2) is 5.75 Å². The number of aryl methyl sites for hydroxylation is 1. The molecule has 0 aliphatic carbocycles. The Kier molecular flexibility index (Phi) is 5.41. The number of nitrogens with zero attached hydrogens (tertiary/aromatic N) is 2. The minimum Gasteiger partial charge on any atom is -0.491 e. The normalized spacial score (nSPS) is 10.2. The lowest BCUT2D eigenvalue weighted by molar-refractivity contribution is -0.385. The molecule has 0 spiro atoms. The molecule has 6 nitrogen and oxygen atoms in total. The van der Waals surface area contributed by atoms with Gasteiger partial charge in [0.25, 0.3) is 0 Å². The van der Waals surface area contributed by atoms with Crippen molar-refractivity contribution >= 4 is 11.4 Å². The lowest BCUT2D eigenvalue weighted by Gasteiger charge is -2.20. The van der Waals surface area contributed by atoms with Crippen LogP contribution in [0.25, 0.3) is 0 Å². The van der Waals surface area contributed by atoms with E-state index in [1.807, 2.05) is 43.1 Å². The van der Waals surface area contributed by atoms with Crippen LogP contribution in [0.2, 0.25) is 0 Å². The standard InChI is InChI=1S/C17H20N2O4/c1-13-6-4-5-7-16(13)23-11-10-18(2)14-8-9-15(19(20)21)17(12-14)22-3/h4-9,12H,10-11H2,1-3H3. The van der Waals surface area contributed by atoms with Crippen LogP contribution in [0.1, 0.15) is 5.56 Å². The summed E-state index contributed by atoms with van der Waals surface area (Å²) in [4.78, 5) is 12.4. The Labute approximate surface area is 135 Å². The van der Waals surface area contributed by atoms with Gasteiger partial charge in [-0.1, -0.05) is 18.2 Å². The van der Waals surface area contributed by atoms with Crippen LogP contribution in [0.15, 0.2) is 42.5 Å². The summed E-state index contributed by atoms with van der Waals surface area (Å²) in [5, 5.41) is 10.9. The Balaban J connectivity index is 1.99. The van der Waals surface area contributed by atoms with Gasteiger partial charge in [0, 0.05) is 24.9 Å². The van der Waals surface area contributed by atoms with Gasteiger partial charge in [-0.15, -0.1) is 0 Å². The third kappa shape index (κ3) is 4.12. The smallest absolute Gasteiger partial charge is 0.311 e. The van der Waals surface area contributed by atoms with Crippen molar-refractivity contribution < 1.29 is 14.4 Å². The maximum Gasteiger partial charge on any atom is 0.311 e. The first-order chi connectivity index (χ1) is 11.0. The predicted molar refractivity (Wildman–Crippen MR) is 89.6 cm³/mol. The molecule has 0 fully saturated rings. The van der Waals surface area contributed by atoms with Gasteiger partial charge in [-0.25, -0.2) is 0 Å². The zero-order valence-electron chi connectivity index (χ0n) is 13.5. The van der Waals surface area contributed by atoms with Crippen molar-refractivity contribution in [3.63, 3.8) is 0 Å². The number of hydrogen-bond donors (Lipinski definition) is 0. The summed E-state index contributed by atoms with van der Waals surface area (Å²) in [6.07, 6.45) is 0. The first-order valence-corrected chi connectivity index (χ1v) is 7.25. The zero-order chi connectivity index (χ0) is 16.8. The van der Waals surface area contributed by atoms with Gasteiger partial charge in [-0.05, 0) is 24.6 Å². The highest BCUT2D eigenvalue weighted by atomic mass is 16.6. The average Bonchev–Trinajstić information content (AvgIpc) is 2.55. The molecule has 0 N–H and O–H groups in total. The maximum absolute atomic E-state index is 10.9. The summed E-state index contributed by atoms with van der Waals surface area (Å²) in [5.74, 6) is 1.11. The number of rotatable bonds is 7. The Morgan fingerprint density at radius 3 is 2.57 bits per heavy atom. The highest BCUT2D eigenvalue weighted by Gasteiger charge is 2.16. The quantitative estimate of drug-likeness (QED) is 0.578. The molecule has 0 radical (unpaired) electrons. The summed E-state index contributed by atoms with van der Waals surface area (Å²) >= 11 is 0. The van der Waals surface area contributed by atoms with Crippen LogP contribution < -0.4 is 14.4 Å². The van der Waals surface area contributed by atoms with Crippen LogP contribution in [0, 0.1) is 17.0 Å². The molecule has 0 atom stereocenters. The van der Waals surface area contributed by atoms with Crippen molar-refractivity contribution in [1.29, 1.82) is 0 Å². The van der Waals surface area contributed by atoms with Crippen LogP contribution in [-0.4, -0.2) is 32.2 Å². The van der Waals surface area contributed by atoms with E-state index in [9.17, 15) is 10.1 Å². The minimum atomic E-state index is -0.454. The van der Waals surface area contributed by atoms with Crippen molar-refractivity contribution in [2.45, 2.75) is 6.92 Å². The molecule has 2 aromatic rings. The van der Waals surface area contributed by atoms with Crippen LogP contribution in [0.3, 0.4) is 0 Å². The number of para-hydroxylation sites is 1. The molecular weight excluding hydrogens is 296 g/mol. The van der Waals surface area contributed by atoms with E-state index in [1.54, 1.807) is 12.1 Å². The molecule has 6 heteroatoms. The number of benzene rings is 2. The topological polar surface area (TPSA) is 64.8 Å². The SMILES string of the molecule is COc1cc(N(C)CCOc2ccccc2C)ccc1[N+](=O)[O-]. The van der Waals surface area contributed by atoms with Crippen molar-refractivity contribution in [2.75, 3.05) is 32.2 Å². The highest BCUT2D eigenvalue weighted by Crippen LogP contribution is 2.30. The third-order valence-corrected chi connectivity index (χ3v) is 3.58. The zero-order valence-corrected chi connectivity index (χ0v) is 13.5. The average molecular weight is 316 g/mol. The van der Waals surface area contributed by atoms with Gasteiger partial charge in [-0.2, -0.15) is 0 Å². The van der Waals surface area contributed by atoms with Crippen LogP contribution in [-0.2, 0) is 0 Å². The molecule has 0 amide bonds. The van der Waals surface area contributed by atoms with Gasteiger partial charge in [0.1, 0.15) is 12.4 Å². The maximum atomic E-state index is 10.9. The molecule has 2 aromatic carbocycles. The van der Waals surface area contributed by atoms with Crippen molar-refractivity contribution in [2.24, 2.45) is 0 Å². The molecule has 122 valence electrons. The predicted octanol–water partition coefficient (Wildman–Crippen LogP) is 3.43. The lowest BCUT2D eigenvalue weighted by Crippen LogP contribution is -2.23. The molecule has 0 aliphatic heterocycles. The molecule has 0 heterocycles. The van der Waals surface area contributed by atoms with Crippen LogP contribution >= 0.6 is 0 Å². The van der Waals surface area contributed by atoms with Crippen molar-refractivity contribution in [1.82, 2.24) is 0 Å². The number of ether oxygens (including phenoxy) is 2. The Morgan fingerprint density at radius 1 is 1.17 bits per heavy atom. The van der Waals surface area contributed by atoms with Gasteiger partial charge in [0.2, 0.25) is 0 Å². The Morgan fingerprint density at radius 2 is 1.91 bits per heavy atom. The monoisotopic (exact) mass is 316 g/mol. The van der Waals surface area contributed by atoms with E-state index in [4.69, 9.17) is 9.47 Å². The first kappa shape index (κ1) is 16.6. The lowest BCUT2D eigenvalue weighted by atomic mass is 10.2. The largest absolute Gasteiger partial charge is 0.491 e. The molecular formula is C17H20N2O4. The molecule has 0 unspecified atom stereocenters. The Bertz CT molecular complexity index is 688. The fourth-order valence-electron chi connectivity index (χ4n) is 2.19. The van der Waals surface area contributed by atoms with Gasteiger partial charge in [0.05, 0.1) is 18.6 Å². The number of likely N-dealkylation sites (N-methyl/N-ethyl adjacent to an activating group) is 1. The second kappa shape index (κ2) is 7.49. The molecule has 0 bridgehead atoms. The van der Waals surface area contributed by atoms with Crippen molar-refractivity contribution in [3.8, 4) is 11.5 Å². The van der Waals surface area contributed by atoms with E-state index in [2.05, 4.69) is 0 Å². The van der Waals surface area contributed by atoms with E-state index >= 15 is 0 Å². The third-order valence-electron chi connectivity index (χ3n) is 3.58. The van der Waals surface area contributed by atoms with E-state index in [1.165, 1.54) is 13.2 Å². The number of anilines is 1. The van der Waals surface area contributed by atoms with E-state index in [0.29, 0.717) is 13.2 Å². The number of nitro benzene ring substituents is 1. The molecule has 0 aromatic heterocycles. The summed E-state index contributed by atoms with van der Waals surface area (Å²) in [6.45, 7) is 3.16. The molecule has 2 rings (SSSR count). The van der Waals surface area contributed by atoms with E-state index < -0.39 is 4.92 Å². The second-order valence-corrected chi connectivity index (χ2v) is 5.15. The van der Waals surface area contributed by atoms with Crippen molar-refractivity contribution in [3.05, 3.63) is 58.1 Å². The molecule has 23 heavy (non-hydrogen) atoms. The van der Waals surface area contributed by atoms with Gasteiger partial charge in [-0.3, -0.25) is 10.1 Å². The van der Waals surface area contributed by atoms with E-state index in [-0.39, 0.29) is 11.4 Å². The van der Waals surface area contributed by atoms with Gasteiger partial charge < -0.3 is 14.4 Å². The van der Waals surface area contributed by atoms with Crippen LogP contribution in [0.4, 0.5) is 11.4 Å². The van der Waals surface area contributed by atoms with Gasteiger partial charge >= 0.3 is 5.69 Å². The molecule has 0 aliphatic rings. The fraction of sp³-hybridized carbons (Fsp3) is 0.294. The summed E-state index contributed by atoms with van der Waals surface area (Å²) in [7, 11) is 3.33. The number of nitro groups is 1.